The third-order valence-electron chi connectivity index (χ3n) is 5.90. The number of hydrogen-bond donors (Lipinski definition) is 1. The number of aromatic amines is 1. The van der Waals surface area contributed by atoms with Gasteiger partial charge in [0.05, 0.1) is 6.10 Å². The van der Waals surface area contributed by atoms with E-state index in [-0.39, 0.29) is 5.91 Å². The number of carbonyl (C=O) groups excluding carboxylic acids is 1. The molecule has 0 aromatic carbocycles. The van der Waals surface area contributed by atoms with E-state index in [1.165, 1.54) is 19.2 Å². The summed E-state index contributed by atoms with van der Waals surface area (Å²) in [5.41, 5.74) is 0. The van der Waals surface area contributed by atoms with Gasteiger partial charge in [-0.25, -0.2) is 4.98 Å². The monoisotopic (exact) mass is 333 g/mol. The maximum Gasteiger partial charge on any atom is 0.291 e. The number of hydrogen-bond acceptors (Lipinski definition) is 5. The van der Waals surface area contributed by atoms with Gasteiger partial charge >= 0.3 is 0 Å². The lowest BCUT2D eigenvalue weighted by atomic mass is 9.77. The highest BCUT2D eigenvalue weighted by atomic mass is 16.5. The van der Waals surface area contributed by atoms with Crippen molar-refractivity contribution in [1.29, 1.82) is 0 Å². The van der Waals surface area contributed by atoms with Crippen molar-refractivity contribution in [3.8, 4) is 0 Å². The summed E-state index contributed by atoms with van der Waals surface area (Å²) in [5.74, 6) is 2.21. The second-order valence-corrected chi connectivity index (χ2v) is 7.88. The van der Waals surface area contributed by atoms with Gasteiger partial charge in [-0.15, -0.1) is 0 Å². The van der Waals surface area contributed by atoms with E-state index in [4.69, 9.17) is 4.74 Å². The fourth-order valence-electron chi connectivity index (χ4n) is 4.28. The van der Waals surface area contributed by atoms with E-state index in [1.54, 1.807) is 0 Å². The van der Waals surface area contributed by atoms with Crippen LogP contribution in [0.3, 0.4) is 0 Å². The topological polar surface area (TPSA) is 74.4 Å². The Morgan fingerprint density at radius 3 is 2.71 bits per heavy atom. The zero-order valence-corrected chi connectivity index (χ0v) is 14.5. The van der Waals surface area contributed by atoms with Crippen molar-refractivity contribution < 1.29 is 9.53 Å². The Labute approximate surface area is 142 Å². The van der Waals surface area contributed by atoms with Gasteiger partial charge in [0, 0.05) is 25.7 Å². The summed E-state index contributed by atoms with van der Waals surface area (Å²) in [5, 5.41) is 6.47. The van der Waals surface area contributed by atoms with E-state index in [0.717, 1.165) is 38.5 Å². The smallest absolute Gasteiger partial charge is 0.291 e. The molecule has 0 bridgehead atoms. The molecule has 24 heavy (non-hydrogen) atoms. The Kier molecular flexibility index (Phi) is 4.30. The average Bonchev–Trinajstić information content (AvgIpc) is 3.08. The first-order valence-corrected chi connectivity index (χ1v) is 9.04. The largest absolute Gasteiger partial charge is 0.376 e. The van der Waals surface area contributed by atoms with Crippen LogP contribution in [0.5, 0.6) is 0 Å². The van der Waals surface area contributed by atoms with Crippen LogP contribution in [-0.4, -0.2) is 76.8 Å². The summed E-state index contributed by atoms with van der Waals surface area (Å²) in [6.45, 7) is 2.55. The minimum absolute atomic E-state index is 0.0289. The number of nitrogens with one attached hydrogen (secondary N) is 1. The number of fused-ring (bicyclic) bond motifs is 1. The standard InChI is InChI=1S/C17H27N5O2/c1-21(2)14-5-12-7-22(17(23)16-18-10-19-20-16)8-13(12)6-15(14)24-9-11-3-4-11/h10-15H,3-9H2,1-2H3,(H,18,19,20)/t12-,13+,14-,15-/m1/s1. The molecular weight excluding hydrogens is 306 g/mol. The molecule has 1 amide bonds. The van der Waals surface area contributed by atoms with Crippen LogP contribution in [0.2, 0.25) is 0 Å². The summed E-state index contributed by atoms with van der Waals surface area (Å²) in [4.78, 5) is 20.8. The van der Waals surface area contributed by atoms with E-state index < -0.39 is 0 Å². The molecule has 3 fully saturated rings. The highest BCUT2D eigenvalue weighted by Crippen LogP contribution is 2.40. The molecule has 4 atom stereocenters. The predicted octanol–water partition coefficient (Wildman–Crippen LogP) is 1.01. The quantitative estimate of drug-likeness (QED) is 0.870. The van der Waals surface area contributed by atoms with Crippen LogP contribution in [0.4, 0.5) is 0 Å². The van der Waals surface area contributed by atoms with Crippen molar-refractivity contribution in [2.75, 3.05) is 33.8 Å². The molecule has 2 heterocycles. The van der Waals surface area contributed by atoms with Crippen LogP contribution >= 0.6 is 0 Å². The van der Waals surface area contributed by atoms with E-state index in [0.29, 0.717) is 29.8 Å². The molecule has 0 radical (unpaired) electrons. The van der Waals surface area contributed by atoms with Gasteiger partial charge in [0.25, 0.3) is 5.91 Å². The second-order valence-electron chi connectivity index (χ2n) is 7.88. The minimum atomic E-state index is -0.0289. The molecule has 1 aliphatic heterocycles. The summed E-state index contributed by atoms with van der Waals surface area (Å²) >= 11 is 0. The van der Waals surface area contributed by atoms with Gasteiger partial charge in [-0.2, -0.15) is 5.10 Å². The predicted molar refractivity (Wildman–Crippen MR) is 88.4 cm³/mol. The summed E-state index contributed by atoms with van der Waals surface area (Å²) in [6, 6.07) is 0.449. The first kappa shape index (κ1) is 16.0. The number of amides is 1. The van der Waals surface area contributed by atoms with Gasteiger partial charge in [0.15, 0.2) is 0 Å². The van der Waals surface area contributed by atoms with Crippen molar-refractivity contribution in [2.45, 2.75) is 37.8 Å². The molecule has 1 aromatic heterocycles. The molecule has 1 aromatic rings. The number of H-pyrrole nitrogens is 1. The van der Waals surface area contributed by atoms with Gasteiger partial charge in [0.2, 0.25) is 5.82 Å². The first-order valence-electron chi connectivity index (χ1n) is 9.04. The number of carbonyl (C=O) groups is 1. The lowest BCUT2D eigenvalue weighted by molar-refractivity contribution is -0.0493. The van der Waals surface area contributed by atoms with Gasteiger partial charge < -0.3 is 14.5 Å². The van der Waals surface area contributed by atoms with Crippen LogP contribution in [0.1, 0.15) is 36.3 Å². The highest BCUT2D eigenvalue weighted by molar-refractivity contribution is 5.90. The van der Waals surface area contributed by atoms with Crippen molar-refractivity contribution in [3.63, 3.8) is 0 Å². The molecule has 0 unspecified atom stereocenters. The Hall–Kier alpha value is -1.47. The Bertz CT molecular complexity index is 572. The summed E-state index contributed by atoms with van der Waals surface area (Å²) in [6.07, 6.45) is 6.49. The van der Waals surface area contributed by atoms with Crippen LogP contribution in [-0.2, 0) is 4.74 Å². The zero-order valence-electron chi connectivity index (χ0n) is 14.5. The number of ether oxygens (including phenoxy) is 1. The van der Waals surface area contributed by atoms with Gasteiger partial charge in [-0.1, -0.05) is 0 Å². The minimum Gasteiger partial charge on any atom is -0.376 e. The number of aromatic nitrogens is 3. The van der Waals surface area contributed by atoms with Gasteiger partial charge in [0.1, 0.15) is 6.33 Å². The van der Waals surface area contributed by atoms with E-state index in [2.05, 4.69) is 34.2 Å². The molecular formula is C17H27N5O2. The molecule has 7 heteroatoms. The van der Waals surface area contributed by atoms with Crippen molar-refractivity contribution in [1.82, 2.24) is 25.0 Å². The second kappa shape index (κ2) is 6.44. The lowest BCUT2D eigenvalue weighted by Crippen LogP contribution is -2.48. The van der Waals surface area contributed by atoms with Crippen molar-refractivity contribution >= 4 is 5.91 Å². The van der Waals surface area contributed by atoms with Crippen LogP contribution in [0.25, 0.3) is 0 Å². The third kappa shape index (κ3) is 3.19. The zero-order chi connectivity index (χ0) is 16.7. The molecule has 1 saturated heterocycles. The number of likely N-dealkylation sites (N-methyl/N-ethyl adjacent to an activating group) is 1. The highest BCUT2D eigenvalue weighted by Gasteiger charge is 2.45. The summed E-state index contributed by atoms with van der Waals surface area (Å²) < 4.78 is 6.28. The Morgan fingerprint density at radius 1 is 1.33 bits per heavy atom. The lowest BCUT2D eigenvalue weighted by Gasteiger charge is -2.41. The molecule has 132 valence electrons. The first-order chi connectivity index (χ1) is 11.6. The van der Waals surface area contributed by atoms with Crippen molar-refractivity contribution in [2.24, 2.45) is 17.8 Å². The van der Waals surface area contributed by atoms with Crippen molar-refractivity contribution in [3.05, 3.63) is 12.2 Å². The number of likely N-dealkylation sites (tertiary alicyclic amines) is 1. The maximum atomic E-state index is 12.5. The fourth-order valence-corrected chi connectivity index (χ4v) is 4.28. The molecule has 4 rings (SSSR count). The average molecular weight is 333 g/mol. The van der Waals surface area contributed by atoms with E-state index >= 15 is 0 Å². The van der Waals surface area contributed by atoms with Crippen LogP contribution in [0.15, 0.2) is 6.33 Å². The maximum absolute atomic E-state index is 12.5. The number of rotatable bonds is 5. The third-order valence-corrected chi connectivity index (χ3v) is 5.90. The molecule has 1 N–H and O–H groups in total. The van der Waals surface area contributed by atoms with Crippen LogP contribution in [0, 0.1) is 17.8 Å². The molecule has 2 saturated carbocycles. The normalized spacial score (nSPS) is 33.0. The number of nitrogens with zero attached hydrogens (tertiary/aromatic N) is 4. The van der Waals surface area contributed by atoms with E-state index in [1.807, 2.05) is 4.90 Å². The van der Waals surface area contributed by atoms with Gasteiger partial charge in [-0.3, -0.25) is 9.89 Å². The van der Waals surface area contributed by atoms with E-state index in [9.17, 15) is 4.79 Å². The van der Waals surface area contributed by atoms with Crippen LogP contribution < -0.4 is 0 Å². The fraction of sp³-hybridized carbons (Fsp3) is 0.824. The SMILES string of the molecule is CN(C)[C@@H]1C[C@@H]2CN(C(=O)c3ncn[nH]3)C[C@@H]2C[C@H]1OCC1CC1. The Morgan fingerprint density at radius 2 is 2.08 bits per heavy atom. The van der Waals surface area contributed by atoms with Gasteiger partial charge in [-0.05, 0) is 57.5 Å². The molecule has 7 nitrogen and oxygen atoms in total. The molecule has 0 spiro atoms. The molecule has 2 aliphatic carbocycles. The molecule has 3 aliphatic rings. The summed E-state index contributed by atoms with van der Waals surface area (Å²) in [7, 11) is 4.29. The Balaban J connectivity index is 1.41.